The standard InChI is InChI=1S/C20H24N4O3S/c1-14(19(25)23-18-11-6-5-8-15(18)13-21)22-16-9-7-10-17(12-16)28(26,27)24-20(2,3)4/h5-12,14,22,24H,1-4H3,(H,23,25)/t14-/m1/s1. The van der Waals surface area contributed by atoms with Gasteiger partial charge in [-0.2, -0.15) is 5.26 Å². The molecule has 148 valence electrons. The summed E-state index contributed by atoms with van der Waals surface area (Å²) in [5.74, 6) is -0.344. The number of nitrogens with one attached hydrogen (secondary N) is 3. The van der Waals surface area contributed by atoms with Crippen molar-refractivity contribution in [3.8, 4) is 6.07 Å². The molecule has 0 aliphatic rings. The van der Waals surface area contributed by atoms with Crippen LogP contribution in [0.4, 0.5) is 11.4 Å². The highest BCUT2D eigenvalue weighted by atomic mass is 32.2. The normalized spacial score (nSPS) is 12.7. The lowest BCUT2D eigenvalue weighted by molar-refractivity contribution is -0.116. The Labute approximate surface area is 165 Å². The lowest BCUT2D eigenvalue weighted by atomic mass is 10.1. The average Bonchev–Trinajstić information content (AvgIpc) is 2.60. The number of hydrogen-bond acceptors (Lipinski definition) is 5. The van der Waals surface area contributed by atoms with Crippen molar-refractivity contribution in [3.63, 3.8) is 0 Å². The van der Waals surface area contributed by atoms with Crippen molar-refractivity contribution < 1.29 is 13.2 Å². The van der Waals surface area contributed by atoms with Gasteiger partial charge in [0.05, 0.1) is 16.1 Å². The molecule has 0 bridgehead atoms. The first kappa shape index (κ1) is 21.4. The molecule has 3 N–H and O–H groups in total. The molecule has 0 aliphatic carbocycles. The highest BCUT2D eigenvalue weighted by molar-refractivity contribution is 7.89. The second kappa shape index (κ2) is 8.42. The zero-order chi connectivity index (χ0) is 20.9. The summed E-state index contributed by atoms with van der Waals surface area (Å²) in [6, 6.07) is 14.3. The largest absolute Gasteiger partial charge is 0.374 e. The molecule has 8 heteroatoms. The van der Waals surface area contributed by atoms with E-state index in [2.05, 4.69) is 15.4 Å². The fourth-order valence-electron chi connectivity index (χ4n) is 2.46. The van der Waals surface area contributed by atoms with Crippen LogP contribution in [0.2, 0.25) is 0 Å². The monoisotopic (exact) mass is 400 g/mol. The molecule has 0 heterocycles. The third kappa shape index (κ3) is 5.81. The molecule has 28 heavy (non-hydrogen) atoms. The lowest BCUT2D eigenvalue weighted by Crippen LogP contribution is -2.40. The van der Waals surface area contributed by atoms with Crippen LogP contribution in [0, 0.1) is 11.3 Å². The number of rotatable bonds is 6. The number of para-hydroxylation sites is 1. The molecule has 0 radical (unpaired) electrons. The van der Waals surface area contributed by atoms with Crippen LogP contribution in [-0.4, -0.2) is 25.9 Å². The van der Waals surface area contributed by atoms with Crippen LogP contribution >= 0.6 is 0 Å². The highest BCUT2D eigenvalue weighted by Gasteiger charge is 2.22. The van der Waals surface area contributed by atoms with E-state index in [0.717, 1.165) is 0 Å². The van der Waals surface area contributed by atoms with E-state index in [0.29, 0.717) is 16.9 Å². The molecule has 0 saturated carbocycles. The van der Waals surface area contributed by atoms with Gasteiger partial charge in [0.15, 0.2) is 0 Å². The molecular weight excluding hydrogens is 376 g/mol. The van der Waals surface area contributed by atoms with Crippen LogP contribution < -0.4 is 15.4 Å². The Morgan fingerprint density at radius 3 is 2.43 bits per heavy atom. The van der Waals surface area contributed by atoms with E-state index < -0.39 is 21.6 Å². The molecule has 0 unspecified atom stereocenters. The van der Waals surface area contributed by atoms with E-state index >= 15 is 0 Å². The van der Waals surface area contributed by atoms with Gasteiger partial charge in [0.25, 0.3) is 0 Å². The number of nitriles is 1. The SMILES string of the molecule is C[C@@H](Nc1cccc(S(=O)(=O)NC(C)(C)C)c1)C(=O)Nc1ccccc1C#N. The van der Waals surface area contributed by atoms with Crippen molar-refractivity contribution >= 4 is 27.3 Å². The lowest BCUT2D eigenvalue weighted by Gasteiger charge is -2.21. The topological polar surface area (TPSA) is 111 Å². The van der Waals surface area contributed by atoms with Crippen molar-refractivity contribution in [2.45, 2.75) is 44.2 Å². The number of carbonyl (C=O) groups is 1. The first-order valence-electron chi connectivity index (χ1n) is 8.72. The molecule has 7 nitrogen and oxygen atoms in total. The van der Waals surface area contributed by atoms with Crippen molar-refractivity contribution in [1.29, 1.82) is 5.26 Å². The minimum absolute atomic E-state index is 0.106. The molecule has 0 saturated heterocycles. The van der Waals surface area contributed by atoms with Crippen LogP contribution in [0.3, 0.4) is 0 Å². The van der Waals surface area contributed by atoms with E-state index in [-0.39, 0.29) is 10.8 Å². The maximum atomic E-state index is 12.5. The molecule has 0 aromatic heterocycles. The number of nitrogens with zero attached hydrogens (tertiary/aromatic N) is 1. The van der Waals surface area contributed by atoms with Gasteiger partial charge in [-0.25, -0.2) is 13.1 Å². The smallest absolute Gasteiger partial charge is 0.246 e. The molecule has 0 spiro atoms. The van der Waals surface area contributed by atoms with Crippen molar-refractivity contribution in [2.75, 3.05) is 10.6 Å². The number of anilines is 2. The Hall–Kier alpha value is -2.89. The Morgan fingerprint density at radius 1 is 1.11 bits per heavy atom. The molecule has 0 fully saturated rings. The van der Waals surface area contributed by atoms with Gasteiger partial charge in [-0.15, -0.1) is 0 Å². The Kier molecular flexibility index (Phi) is 6.44. The van der Waals surface area contributed by atoms with E-state index in [9.17, 15) is 13.2 Å². The van der Waals surface area contributed by atoms with E-state index in [1.807, 2.05) is 6.07 Å². The first-order chi connectivity index (χ1) is 13.0. The fraction of sp³-hybridized carbons (Fsp3) is 0.300. The van der Waals surface area contributed by atoms with E-state index in [1.54, 1.807) is 64.1 Å². The minimum atomic E-state index is -3.68. The van der Waals surface area contributed by atoms with Gasteiger partial charge in [-0.05, 0) is 58.0 Å². The van der Waals surface area contributed by atoms with Gasteiger partial charge in [0.2, 0.25) is 15.9 Å². The Bertz CT molecular complexity index is 1000. The van der Waals surface area contributed by atoms with Crippen LogP contribution in [0.1, 0.15) is 33.3 Å². The third-order valence-corrected chi connectivity index (χ3v) is 5.42. The summed E-state index contributed by atoms with van der Waals surface area (Å²) in [5, 5.41) is 14.8. The van der Waals surface area contributed by atoms with Crippen molar-refractivity contribution in [3.05, 3.63) is 54.1 Å². The van der Waals surface area contributed by atoms with Gasteiger partial charge in [-0.1, -0.05) is 18.2 Å². The minimum Gasteiger partial charge on any atom is -0.374 e. The quantitative estimate of drug-likeness (QED) is 0.690. The van der Waals surface area contributed by atoms with Gasteiger partial charge < -0.3 is 10.6 Å². The molecule has 2 aromatic rings. The fourth-order valence-corrected chi connectivity index (χ4v) is 3.93. The third-order valence-electron chi connectivity index (χ3n) is 3.67. The number of amides is 1. The van der Waals surface area contributed by atoms with Gasteiger partial charge in [0, 0.05) is 11.2 Å². The predicted molar refractivity (Wildman–Crippen MR) is 109 cm³/mol. The zero-order valence-electron chi connectivity index (χ0n) is 16.3. The van der Waals surface area contributed by atoms with Crippen molar-refractivity contribution in [1.82, 2.24) is 4.72 Å². The van der Waals surface area contributed by atoms with Crippen molar-refractivity contribution in [2.24, 2.45) is 0 Å². The molecule has 2 rings (SSSR count). The summed E-state index contributed by atoms with van der Waals surface area (Å²) in [6.07, 6.45) is 0. The zero-order valence-corrected chi connectivity index (χ0v) is 17.1. The number of carbonyl (C=O) groups excluding carboxylic acids is 1. The summed E-state index contributed by atoms with van der Waals surface area (Å²) in [5.41, 5.74) is 0.676. The molecule has 1 amide bonds. The van der Waals surface area contributed by atoms with Crippen LogP contribution in [0.5, 0.6) is 0 Å². The molecule has 1 atom stereocenters. The molecular formula is C20H24N4O3S. The maximum absolute atomic E-state index is 12.5. The summed E-state index contributed by atoms with van der Waals surface area (Å²) in [7, 11) is -3.68. The van der Waals surface area contributed by atoms with Crippen LogP contribution in [-0.2, 0) is 14.8 Å². The van der Waals surface area contributed by atoms with Gasteiger partial charge >= 0.3 is 0 Å². The maximum Gasteiger partial charge on any atom is 0.246 e. The second-order valence-electron chi connectivity index (χ2n) is 7.40. The summed E-state index contributed by atoms with van der Waals surface area (Å²) in [6.45, 7) is 6.94. The van der Waals surface area contributed by atoms with E-state index in [1.165, 1.54) is 12.1 Å². The van der Waals surface area contributed by atoms with Gasteiger partial charge in [-0.3, -0.25) is 4.79 Å². The summed E-state index contributed by atoms with van der Waals surface area (Å²) < 4.78 is 27.6. The Morgan fingerprint density at radius 2 is 1.79 bits per heavy atom. The predicted octanol–water partition coefficient (Wildman–Crippen LogP) is 3.07. The van der Waals surface area contributed by atoms with E-state index in [4.69, 9.17) is 5.26 Å². The second-order valence-corrected chi connectivity index (χ2v) is 9.08. The summed E-state index contributed by atoms with van der Waals surface area (Å²) >= 11 is 0. The number of sulfonamides is 1. The van der Waals surface area contributed by atoms with Gasteiger partial charge in [0.1, 0.15) is 12.1 Å². The number of hydrogen-bond donors (Lipinski definition) is 3. The average molecular weight is 401 g/mol. The van der Waals surface area contributed by atoms with Crippen LogP contribution in [0.15, 0.2) is 53.4 Å². The Balaban J connectivity index is 2.13. The summed E-state index contributed by atoms with van der Waals surface area (Å²) in [4.78, 5) is 12.5. The highest BCUT2D eigenvalue weighted by Crippen LogP contribution is 2.19. The number of benzene rings is 2. The van der Waals surface area contributed by atoms with Crippen LogP contribution in [0.25, 0.3) is 0 Å². The molecule has 2 aromatic carbocycles. The molecule has 0 aliphatic heterocycles. The first-order valence-corrected chi connectivity index (χ1v) is 10.2.